The van der Waals surface area contributed by atoms with E-state index in [1.165, 1.54) is 17.0 Å². The van der Waals surface area contributed by atoms with Gasteiger partial charge in [0.15, 0.2) is 0 Å². The SMILES string of the molecule is Cc1ccc(COc2cc(F)cc(Oc3ccc(-c4nc(C5(C)COC5)n5ccnc(N)c45)cc3)c2)s1. The van der Waals surface area contributed by atoms with E-state index in [2.05, 4.69) is 11.9 Å². The van der Waals surface area contributed by atoms with Crippen LogP contribution in [0.2, 0.25) is 0 Å². The van der Waals surface area contributed by atoms with Gasteiger partial charge in [0.25, 0.3) is 0 Å². The number of nitrogens with zero attached hydrogens (tertiary/aromatic N) is 3. The highest BCUT2D eigenvalue weighted by Crippen LogP contribution is 2.37. The number of nitrogens with two attached hydrogens (primary N) is 1. The fourth-order valence-corrected chi connectivity index (χ4v) is 5.25. The number of anilines is 1. The smallest absolute Gasteiger partial charge is 0.150 e. The van der Waals surface area contributed by atoms with Crippen molar-refractivity contribution in [1.82, 2.24) is 14.4 Å². The third kappa shape index (κ3) is 4.52. The Kier molecular flexibility index (Phi) is 5.81. The number of ether oxygens (including phenoxy) is 3. The lowest BCUT2D eigenvalue weighted by atomic mass is 9.88. The Morgan fingerprint density at radius 1 is 1.08 bits per heavy atom. The molecule has 2 N–H and O–H groups in total. The van der Waals surface area contributed by atoms with Crippen LogP contribution in [0.4, 0.5) is 10.2 Å². The average Bonchev–Trinajstić information content (AvgIpc) is 3.46. The molecule has 2 aromatic carbocycles. The minimum atomic E-state index is -0.431. The Morgan fingerprint density at radius 2 is 1.86 bits per heavy atom. The van der Waals surface area contributed by atoms with E-state index < -0.39 is 5.82 Å². The molecule has 5 aromatic rings. The van der Waals surface area contributed by atoms with Crippen LogP contribution in [0.15, 0.2) is 67.0 Å². The van der Waals surface area contributed by atoms with Crippen LogP contribution in [-0.4, -0.2) is 27.6 Å². The maximum Gasteiger partial charge on any atom is 0.150 e. The number of nitrogen functional groups attached to an aromatic ring is 1. The van der Waals surface area contributed by atoms with Crippen LogP contribution in [0.3, 0.4) is 0 Å². The molecule has 1 fully saturated rings. The average molecular weight is 517 g/mol. The second-order valence-corrected chi connectivity index (χ2v) is 10.8. The molecule has 0 unspecified atom stereocenters. The summed E-state index contributed by atoms with van der Waals surface area (Å²) >= 11 is 1.65. The van der Waals surface area contributed by atoms with Crippen LogP contribution in [0, 0.1) is 12.7 Å². The molecule has 0 amide bonds. The molecule has 4 heterocycles. The molecule has 0 radical (unpaired) electrons. The van der Waals surface area contributed by atoms with Gasteiger partial charge in [0.2, 0.25) is 0 Å². The fraction of sp³-hybridized carbons (Fsp3) is 0.214. The summed E-state index contributed by atoms with van der Waals surface area (Å²) < 4.78 is 33.5. The lowest BCUT2D eigenvalue weighted by molar-refractivity contribution is -0.0545. The van der Waals surface area contributed by atoms with Crippen molar-refractivity contribution in [1.29, 1.82) is 0 Å². The van der Waals surface area contributed by atoms with E-state index in [0.717, 1.165) is 27.5 Å². The molecule has 37 heavy (non-hydrogen) atoms. The Labute approximate surface area is 217 Å². The van der Waals surface area contributed by atoms with Crippen molar-refractivity contribution in [2.24, 2.45) is 0 Å². The molecule has 0 atom stereocenters. The quantitative estimate of drug-likeness (QED) is 0.279. The summed E-state index contributed by atoms with van der Waals surface area (Å²) in [7, 11) is 0. The molecule has 188 valence electrons. The van der Waals surface area contributed by atoms with Crippen LogP contribution in [0.1, 0.15) is 22.5 Å². The van der Waals surface area contributed by atoms with E-state index in [1.807, 2.05) is 53.9 Å². The molecule has 7 nitrogen and oxygen atoms in total. The van der Waals surface area contributed by atoms with E-state index in [1.54, 1.807) is 23.6 Å². The Morgan fingerprint density at radius 3 is 2.57 bits per heavy atom. The highest BCUT2D eigenvalue weighted by Gasteiger charge is 2.40. The lowest BCUT2D eigenvalue weighted by Crippen LogP contribution is -2.45. The molecular weight excluding hydrogens is 491 g/mol. The van der Waals surface area contributed by atoms with Crippen molar-refractivity contribution in [2.75, 3.05) is 18.9 Å². The van der Waals surface area contributed by atoms with Crippen LogP contribution in [0.5, 0.6) is 17.2 Å². The van der Waals surface area contributed by atoms with Gasteiger partial charge in [0, 0.05) is 45.9 Å². The zero-order valence-electron chi connectivity index (χ0n) is 20.4. The predicted molar refractivity (Wildman–Crippen MR) is 141 cm³/mol. The first-order chi connectivity index (χ1) is 17.9. The molecule has 1 saturated heterocycles. The van der Waals surface area contributed by atoms with Gasteiger partial charge in [0.1, 0.15) is 52.5 Å². The van der Waals surface area contributed by atoms with Crippen LogP contribution in [0.25, 0.3) is 16.8 Å². The van der Waals surface area contributed by atoms with E-state index >= 15 is 0 Å². The van der Waals surface area contributed by atoms with E-state index in [4.69, 9.17) is 24.9 Å². The van der Waals surface area contributed by atoms with E-state index in [9.17, 15) is 4.39 Å². The molecule has 3 aromatic heterocycles. The molecule has 1 aliphatic heterocycles. The van der Waals surface area contributed by atoms with Gasteiger partial charge in [-0.1, -0.05) is 0 Å². The number of halogens is 1. The predicted octanol–water partition coefficient (Wildman–Crippen LogP) is 6.15. The number of thiophene rings is 1. The molecule has 9 heteroatoms. The number of hydrogen-bond acceptors (Lipinski definition) is 7. The molecule has 0 saturated carbocycles. The first-order valence-electron chi connectivity index (χ1n) is 11.9. The Hall–Kier alpha value is -3.95. The topological polar surface area (TPSA) is 83.9 Å². The van der Waals surface area contributed by atoms with Crippen molar-refractivity contribution in [3.63, 3.8) is 0 Å². The summed E-state index contributed by atoms with van der Waals surface area (Å²) in [5.41, 5.74) is 8.44. The number of aryl methyl sites for hydroxylation is 1. The van der Waals surface area contributed by atoms with Crippen molar-refractivity contribution < 1.29 is 18.6 Å². The molecule has 6 rings (SSSR count). The van der Waals surface area contributed by atoms with Crippen LogP contribution in [-0.2, 0) is 16.8 Å². The lowest BCUT2D eigenvalue weighted by Gasteiger charge is -2.36. The number of imidazole rings is 1. The van der Waals surface area contributed by atoms with E-state index in [-0.39, 0.29) is 5.41 Å². The standard InChI is InChI=1S/C28H25FN4O3S/c1-17-3-8-23(37-17)14-35-21-11-19(29)12-22(13-21)36-20-6-4-18(5-7-20)24-25-26(30)31-9-10-33(25)27(32-24)28(2)15-34-16-28/h3-13H,14-16H2,1-2H3,(H2,30,31). The zero-order valence-corrected chi connectivity index (χ0v) is 21.2. The summed E-state index contributed by atoms with van der Waals surface area (Å²) in [6.45, 7) is 5.75. The zero-order chi connectivity index (χ0) is 25.6. The maximum atomic E-state index is 14.3. The van der Waals surface area contributed by atoms with Gasteiger partial charge in [0.05, 0.1) is 18.6 Å². The number of benzene rings is 2. The monoisotopic (exact) mass is 516 g/mol. The van der Waals surface area contributed by atoms with E-state index in [0.29, 0.717) is 42.9 Å². The highest BCUT2D eigenvalue weighted by atomic mass is 32.1. The number of aromatic nitrogens is 3. The molecule has 0 bridgehead atoms. The fourth-order valence-electron chi connectivity index (χ4n) is 4.44. The van der Waals surface area contributed by atoms with Crippen molar-refractivity contribution >= 4 is 22.7 Å². The van der Waals surface area contributed by atoms with Gasteiger partial charge >= 0.3 is 0 Å². The normalized spacial score (nSPS) is 14.5. The molecule has 1 aliphatic rings. The first-order valence-corrected chi connectivity index (χ1v) is 12.7. The second-order valence-electron chi connectivity index (χ2n) is 9.42. The van der Waals surface area contributed by atoms with Gasteiger partial charge in [-0.3, -0.25) is 4.40 Å². The summed E-state index contributed by atoms with van der Waals surface area (Å²) in [6, 6.07) is 15.9. The molecule has 0 spiro atoms. The number of fused-ring (bicyclic) bond motifs is 1. The summed E-state index contributed by atoms with van der Waals surface area (Å²) in [4.78, 5) is 11.5. The van der Waals surface area contributed by atoms with Crippen LogP contribution >= 0.6 is 11.3 Å². The third-order valence-corrected chi connectivity index (χ3v) is 7.32. The minimum Gasteiger partial charge on any atom is -0.488 e. The van der Waals surface area contributed by atoms with Crippen molar-refractivity contribution in [3.05, 3.63) is 88.4 Å². The van der Waals surface area contributed by atoms with Gasteiger partial charge in [-0.15, -0.1) is 11.3 Å². The van der Waals surface area contributed by atoms with Crippen LogP contribution < -0.4 is 15.2 Å². The summed E-state index contributed by atoms with van der Waals surface area (Å²) in [5, 5.41) is 0. The highest BCUT2D eigenvalue weighted by molar-refractivity contribution is 7.11. The van der Waals surface area contributed by atoms with Gasteiger partial charge in [-0.05, 0) is 50.2 Å². The van der Waals surface area contributed by atoms with Crippen molar-refractivity contribution in [2.45, 2.75) is 25.9 Å². The minimum absolute atomic E-state index is 0.183. The number of hydrogen-bond donors (Lipinski definition) is 1. The van der Waals surface area contributed by atoms with Gasteiger partial charge < -0.3 is 19.9 Å². The third-order valence-electron chi connectivity index (χ3n) is 6.35. The first kappa shape index (κ1) is 23.4. The van der Waals surface area contributed by atoms with Crippen molar-refractivity contribution in [3.8, 4) is 28.5 Å². The second kappa shape index (κ2) is 9.17. The largest absolute Gasteiger partial charge is 0.488 e. The Bertz CT molecular complexity index is 1590. The summed E-state index contributed by atoms with van der Waals surface area (Å²) in [6.07, 6.45) is 3.55. The number of rotatable bonds is 7. The summed E-state index contributed by atoms with van der Waals surface area (Å²) in [5.74, 6) is 2.19. The van der Waals surface area contributed by atoms with Gasteiger partial charge in [-0.25, -0.2) is 14.4 Å². The molecule has 0 aliphatic carbocycles. The maximum absolute atomic E-state index is 14.3. The van der Waals surface area contributed by atoms with Gasteiger partial charge in [-0.2, -0.15) is 0 Å². The molecular formula is C28H25FN4O3S. The Balaban J connectivity index is 1.24.